The molecule has 1 aromatic rings. The van der Waals surface area contributed by atoms with Gasteiger partial charge < -0.3 is 11.1 Å². The molecule has 0 aromatic heterocycles. The second-order valence-corrected chi connectivity index (χ2v) is 6.43. The van der Waals surface area contributed by atoms with Crippen LogP contribution in [0.15, 0.2) is 24.3 Å². The maximum atomic E-state index is 12.0. The number of hydrogen-bond acceptors (Lipinski definition) is 3. The van der Waals surface area contributed by atoms with Crippen LogP contribution in [0.4, 0.5) is 0 Å². The molecule has 0 aliphatic carbocycles. The zero-order valence-corrected chi connectivity index (χ0v) is 13.8. The van der Waals surface area contributed by atoms with Crippen molar-refractivity contribution in [3.05, 3.63) is 35.4 Å². The van der Waals surface area contributed by atoms with Crippen LogP contribution in [0.3, 0.4) is 0 Å². The molecule has 2 unspecified atom stereocenters. The number of nitrogens with two attached hydrogens (primary N) is 1. The Bertz CT molecular complexity index is 483. The van der Waals surface area contributed by atoms with E-state index in [4.69, 9.17) is 5.73 Å². The topological polar surface area (TPSA) is 58.4 Å². The molecular weight excluding hydrogens is 274 g/mol. The lowest BCUT2D eigenvalue weighted by atomic mass is 9.99. The Morgan fingerprint density at radius 1 is 1.32 bits per heavy atom. The first-order valence-corrected chi connectivity index (χ1v) is 8.43. The van der Waals surface area contributed by atoms with Crippen LogP contribution in [0, 0.1) is 5.92 Å². The van der Waals surface area contributed by atoms with E-state index in [0.717, 1.165) is 18.5 Å². The van der Waals surface area contributed by atoms with Gasteiger partial charge in [0.05, 0.1) is 6.04 Å². The molecule has 4 heteroatoms. The standard InChI is InChI=1S/C18H29N3O/c1-3-14(2)17(19)18(22)20-12-15-7-6-8-16(11-15)13-21-9-4-5-10-21/h6-8,11,14,17H,3-5,9-10,12-13,19H2,1-2H3,(H,20,22). The molecule has 3 N–H and O–H groups in total. The smallest absolute Gasteiger partial charge is 0.237 e. The van der Waals surface area contributed by atoms with Crippen molar-refractivity contribution >= 4 is 5.91 Å². The van der Waals surface area contributed by atoms with Gasteiger partial charge in [0, 0.05) is 13.1 Å². The van der Waals surface area contributed by atoms with Gasteiger partial charge in [0.1, 0.15) is 0 Å². The fourth-order valence-corrected chi connectivity index (χ4v) is 2.86. The minimum absolute atomic E-state index is 0.0562. The summed E-state index contributed by atoms with van der Waals surface area (Å²) < 4.78 is 0. The van der Waals surface area contributed by atoms with E-state index in [1.165, 1.54) is 31.5 Å². The molecule has 0 saturated carbocycles. The second-order valence-electron chi connectivity index (χ2n) is 6.43. The summed E-state index contributed by atoms with van der Waals surface area (Å²) in [5.74, 6) is 0.154. The molecule has 1 fully saturated rings. The van der Waals surface area contributed by atoms with Gasteiger partial charge >= 0.3 is 0 Å². The first-order chi connectivity index (χ1) is 10.6. The summed E-state index contributed by atoms with van der Waals surface area (Å²) in [6, 6.07) is 8.06. The summed E-state index contributed by atoms with van der Waals surface area (Å²) in [5, 5.41) is 2.96. The number of hydrogen-bond donors (Lipinski definition) is 2. The van der Waals surface area contributed by atoms with Gasteiger partial charge in [-0.05, 0) is 43.0 Å². The first kappa shape index (κ1) is 17.0. The number of benzene rings is 1. The van der Waals surface area contributed by atoms with Gasteiger partial charge in [-0.25, -0.2) is 0 Å². The Morgan fingerprint density at radius 2 is 2.00 bits per heavy atom. The van der Waals surface area contributed by atoms with E-state index in [1.807, 2.05) is 6.92 Å². The van der Waals surface area contributed by atoms with Gasteiger partial charge in [-0.2, -0.15) is 0 Å². The molecule has 0 spiro atoms. The third-order valence-corrected chi connectivity index (χ3v) is 4.62. The molecule has 1 heterocycles. The predicted octanol–water partition coefficient (Wildman–Crippen LogP) is 2.27. The highest BCUT2D eigenvalue weighted by atomic mass is 16.2. The molecular formula is C18H29N3O. The lowest BCUT2D eigenvalue weighted by Crippen LogP contribution is -2.44. The van der Waals surface area contributed by atoms with E-state index < -0.39 is 6.04 Å². The van der Waals surface area contributed by atoms with Crippen molar-refractivity contribution in [2.45, 2.75) is 52.2 Å². The molecule has 1 aliphatic heterocycles. The van der Waals surface area contributed by atoms with Crippen LogP contribution in [-0.2, 0) is 17.9 Å². The van der Waals surface area contributed by atoms with Crippen LogP contribution < -0.4 is 11.1 Å². The average Bonchev–Trinajstić information content (AvgIpc) is 3.04. The maximum Gasteiger partial charge on any atom is 0.237 e. The first-order valence-electron chi connectivity index (χ1n) is 8.43. The number of nitrogens with zero attached hydrogens (tertiary/aromatic N) is 1. The summed E-state index contributed by atoms with van der Waals surface area (Å²) in [6.07, 6.45) is 3.53. The Balaban J connectivity index is 1.86. The van der Waals surface area contributed by atoms with Crippen molar-refractivity contribution in [2.75, 3.05) is 13.1 Å². The number of amides is 1. The van der Waals surface area contributed by atoms with Crippen LogP contribution in [0.25, 0.3) is 0 Å². The number of likely N-dealkylation sites (tertiary alicyclic amines) is 1. The van der Waals surface area contributed by atoms with E-state index in [-0.39, 0.29) is 11.8 Å². The van der Waals surface area contributed by atoms with Crippen molar-refractivity contribution in [3.8, 4) is 0 Å². The largest absolute Gasteiger partial charge is 0.351 e. The third kappa shape index (κ3) is 4.82. The average molecular weight is 303 g/mol. The molecule has 1 amide bonds. The monoisotopic (exact) mass is 303 g/mol. The van der Waals surface area contributed by atoms with Gasteiger partial charge in [-0.15, -0.1) is 0 Å². The molecule has 4 nitrogen and oxygen atoms in total. The summed E-state index contributed by atoms with van der Waals surface area (Å²) >= 11 is 0. The van der Waals surface area contributed by atoms with Crippen LogP contribution in [0.2, 0.25) is 0 Å². The molecule has 1 saturated heterocycles. The minimum Gasteiger partial charge on any atom is -0.351 e. The fraction of sp³-hybridized carbons (Fsp3) is 0.611. The Kier molecular flexibility index (Phi) is 6.40. The highest BCUT2D eigenvalue weighted by Crippen LogP contribution is 2.14. The van der Waals surface area contributed by atoms with Gasteiger partial charge in [0.25, 0.3) is 0 Å². The molecule has 2 rings (SSSR count). The molecule has 122 valence electrons. The molecule has 0 bridgehead atoms. The van der Waals surface area contributed by atoms with E-state index >= 15 is 0 Å². The van der Waals surface area contributed by atoms with Crippen molar-refractivity contribution in [3.63, 3.8) is 0 Å². The molecule has 1 aliphatic rings. The lowest BCUT2D eigenvalue weighted by Gasteiger charge is -2.18. The minimum atomic E-state index is -0.419. The van der Waals surface area contributed by atoms with Crippen molar-refractivity contribution in [1.82, 2.24) is 10.2 Å². The van der Waals surface area contributed by atoms with E-state index in [0.29, 0.717) is 6.54 Å². The van der Waals surface area contributed by atoms with Crippen LogP contribution >= 0.6 is 0 Å². The molecule has 1 aromatic carbocycles. The highest BCUT2D eigenvalue weighted by molar-refractivity contribution is 5.81. The summed E-state index contributed by atoms with van der Waals surface area (Å²) in [6.45, 7) is 8.03. The Labute approximate surface area is 134 Å². The zero-order chi connectivity index (χ0) is 15.9. The normalized spacial score (nSPS) is 18.1. The second kappa shape index (κ2) is 8.30. The zero-order valence-electron chi connectivity index (χ0n) is 13.8. The van der Waals surface area contributed by atoms with Gasteiger partial charge in [-0.3, -0.25) is 9.69 Å². The summed E-state index contributed by atoms with van der Waals surface area (Å²) in [4.78, 5) is 14.5. The maximum absolute atomic E-state index is 12.0. The summed E-state index contributed by atoms with van der Waals surface area (Å²) in [5.41, 5.74) is 8.41. The Hall–Kier alpha value is -1.39. The quantitative estimate of drug-likeness (QED) is 0.812. The Morgan fingerprint density at radius 3 is 2.68 bits per heavy atom. The molecule has 0 radical (unpaired) electrons. The molecule has 22 heavy (non-hydrogen) atoms. The number of carbonyl (C=O) groups is 1. The fourth-order valence-electron chi connectivity index (χ4n) is 2.86. The SMILES string of the molecule is CCC(C)C(N)C(=O)NCc1cccc(CN2CCCC2)c1. The van der Waals surface area contributed by atoms with Crippen molar-refractivity contribution in [2.24, 2.45) is 11.7 Å². The van der Waals surface area contributed by atoms with Gasteiger partial charge in [0.15, 0.2) is 0 Å². The highest BCUT2D eigenvalue weighted by Gasteiger charge is 2.19. The molecule has 2 atom stereocenters. The van der Waals surface area contributed by atoms with Gasteiger partial charge in [0.2, 0.25) is 5.91 Å². The van der Waals surface area contributed by atoms with E-state index in [1.54, 1.807) is 0 Å². The van der Waals surface area contributed by atoms with Crippen molar-refractivity contribution < 1.29 is 4.79 Å². The number of rotatable bonds is 7. The van der Waals surface area contributed by atoms with Gasteiger partial charge in [-0.1, -0.05) is 44.5 Å². The van der Waals surface area contributed by atoms with Crippen molar-refractivity contribution in [1.29, 1.82) is 0 Å². The number of nitrogens with one attached hydrogen (secondary N) is 1. The predicted molar refractivity (Wildman–Crippen MR) is 90.2 cm³/mol. The summed E-state index contributed by atoms with van der Waals surface area (Å²) in [7, 11) is 0. The van der Waals surface area contributed by atoms with Crippen LogP contribution in [-0.4, -0.2) is 29.9 Å². The number of carbonyl (C=O) groups excluding carboxylic acids is 1. The third-order valence-electron chi connectivity index (χ3n) is 4.62. The van der Waals surface area contributed by atoms with Crippen LogP contribution in [0.5, 0.6) is 0 Å². The van der Waals surface area contributed by atoms with Crippen LogP contribution in [0.1, 0.15) is 44.2 Å². The van der Waals surface area contributed by atoms with E-state index in [2.05, 4.69) is 41.4 Å². The van der Waals surface area contributed by atoms with E-state index in [9.17, 15) is 4.79 Å². The lowest BCUT2D eigenvalue weighted by molar-refractivity contribution is -0.123.